The molecule has 2 aromatic rings. The molecule has 0 radical (unpaired) electrons. The summed E-state index contributed by atoms with van der Waals surface area (Å²) in [5.74, 6) is 0. The smallest absolute Gasteiger partial charge is 0.142 e. The van der Waals surface area contributed by atoms with Crippen molar-refractivity contribution in [2.75, 3.05) is 0 Å². The Morgan fingerprint density at radius 1 is 1.47 bits per heavy atom. The molecule has 0 amide bonds. The molecule has 0 spiro atoms. The fraction of sp³-hybridized carbons (Fsp3) is 0.300. The van der Waals surface area contributed by atoms with Gasteiger partial charge < -0.3 is 5.73 Å². The monoisotopic (exact) mass is 220 g/mol. The summed E-state index contributed by atoms with van der Waals surface area (Å²) in [4.78, 5) is 13.6. The molecule has 2 rings (SSSR count). The van der Waals surface area contributed by atoms with Gasteiger partial charge in [0.25, 0.3) is 0 Å². The van der Waals surface area contributed by atoms with Crippen LogP contribution in [0.3, 0.4) is 0 Å². The molecule has 0 fully saturated rings. The van der Waals surface area contributed by atoms with Crippen LogP contribution < -0.4 is 5.73 Å². The van der Waals surface area contributed by atoms with Gasteiger partial charge in [-0.15, -0.1) is 11.3 Å². The Bertz CT molecular complexity index is 450. The largest absolute Gasteiger partial charge is 0.323 e. The van der Waals surface area contributed by atoms with Crippen LogP contribution in [0.2, 0.25) is 0 Å². The first-order chi connectivity index (χ1) is 7.18. The van der Waals surface area contributed by atoms with Crippen molar-refractivity contribution in [2.24, 2.45) is 5.73 Å². The van der Waals surface area contributed by atoms with E-state index in [1.807, 2.05) is 19.9 Å². The van der Waals surface area contributed by atoms with Crippen LogP contribution in [0, 0.1) is 6.92 Å². The first-order valence-electron chi connectivity index (χ1n) is 4.68. The zero-order chi connectivity index (χ0) is 10.8. The molecule has 0 aliphatic carbocycles. The topological polar surface area (TPSA) is 64.7 Å². The van der Waals surface area contributed by atoms with Gasteiger partial charge >= 0.3 is 0 Å². The molecule has 5 heteroatoms. The molecule has 0 saturated heterocycles. The highest BCUT2D eigenvalue weighted by molar-refractivity contribution is 7.15. The van der Waals surface area contributed by atoms with Crippen LogP contribution in [0.5, 0.6) is 0 Å². The van der Waals surface area contributed by atoms with E-state index in [0.717, 1.165) is 21.3 Å². The lowest BCUT2D eigenvalue weighted by molar-refractivity contribution is 0.825. The van der Waals surface area contributed by atoms with Crippen LogP contribution in [0.4, 0.5) is 0 Å². The number of thiazole rings is 1. The summed E-state index contributed by atoms with van der Waals surface area (Å²) in [5, 5.41) is 0.905. The van der Waals surface area contributed by atoms with Gasteiger partial charge in [-0.05, 0) is 19.9 Å². The van der Waals surface area contributed by atoms with Gasteiger partial charge in [-0.2, -0.15) is 0 Å². The molecule has 1 atom stereocenters. The maximum Gasteiger partial charge on any atom is 0.142 e. The summed E-state index contributed by atoms with van der Waals surface area (Å²) in [6.07, 6.45) is 3.24. The zero-order valence-electron chi connectivity index (χ0n) is 8.64. The molecular weight excluding hydrogens is 208 g/mol. The van der Waals surface area contributed by atoms with Gasteiger partial charge in [0.2, 0.25) is 0 Å². The molecule has 2 heterocycles. The first-order valence-corrected chi connectivity index (χ1v) is 5.49. The molecule has 0 aromatic carbocycles. The SMILES string of the molecule is Cc1nc(-c2ccncn2)sc1C(C)N. The minimum absolute atomic E-state index is 0.0260. The molecule has 2 aromatic heterocycles. The number of aryl methyl sites for hydroxylation is 1. The van der Waals surface area contributed by atoms with Gasteiger partial charge in [-0.1, -0.05) is 0 Å². The summed E-state index contributed by atoms with van der Waals surface area (Å²) >= 11 is 1.59. The van der Waals surface area contributed by atoms with Crippen molar-refractivity contribution < 1.29 is 0 Å². The van der Waals surface area contributed by atoms with E-state index < -0.39 is 0 Å². The Morgan fingerprint density at radius 3 is 2.80 bits per heavy atom. The summed E-state index contributed by atoms with van der Waals surface area (Å²) in [6, 6.07) is 1.88. The summed E-state index contributed by atoms with van der Waals surface area (Å²) in [6.45, 7) is 3.93. The average molecular weight is 220 g/mol. The van der Waals surface area contributed by atoms with E-state index in [9.17, 15) is 0 Å². The molecule has 4 nitrogen and oxygen atoms in total. The molecule has 0 saturated carbocycles. The fourth-order valence-electron chi connectivity index (χ4n) is 1.36. The number of nitrogens with zero attached hydrogens (tertiary/aromatic N) is 3. The molecule has 0 aliphatic rings. The maximum absolute atomic E-state index is 5.84. The zero-order valence-corrected chi connectivity index (χ0v) is 9.45. The lowest BCUT2D eigenvalue weighted by atomic mass is 10.2. The van der Waals surface area contributed by atoms with Crippen molar-refractivity contribution in [3.05, 3.63) is 29.2 Å². The van der Waals surface area contributed by atoms with Gasteiger partial charge in [0.05, 0.1) is 5.69 Å². The van der Waals surface area contributed by atoms with Crippen LogP contribution >= 0.6 is 11.3 Å². The summed E-state index contributed by atoms with van der Waals surface area (Å²) in [7, 11) is 0. The quantitative estimate of drug-likeness (QED) is 0.839. The second kappa shape index (κ2) is 4.04. The third kappa shape index (κ3) is 2.03. The second-order valence-corrected chi connectivity index (χ2v) is 4.38. The van der Waals surface area contributed by atoms with Gasteiger partial charge in [-0.25, -0.2) is 15.0 Å². The van der Waals surface area contributed by atoms with E-state index in [0.29, 0.717) is 0 Å². The van der Waals surface area contributed by atoms with Crippen molar-refractivity contribution in [1.29, 1.82) is 0 Å². The Morgan fingerprint density at radius 2 is 2.27 bits per heavy atom. The highest BCUT2D eigenvalue weighted by Gasteiger charge is 2.12. The van der Waals surface area contributed by atoms with Crippen molar-refractivity contribution in [2.45, 2.75) is 19.9 Å². The highest BCUT2D eigenvalue weighted by atomic mass is 32.1. The molecule has 78 valence electrons. The predicted octanol–water partition coefficient (Wildman–Crippen LogP) is 1.93. The lowest BCUT2D eigenvalue weighted by Gasteiger charge is -1.99. The van der Waals surface area contributed by atoms with E-state index in [2.05, 4.69) is 15.0 Å². The van der Waals surface area contributed by atoms with Crippen molar-refractivity contribution >= 4 is 11.3 Å². The first kappa shape index (κ1) is 10.2. The van der Waals surface area contributed by atoms with Gasteiger partial charge in [0, 0.05) is 17.1 Å². The molecule has 0 aliphatic heterocycles. The number of hydrogen-bond acceptors (Lipinski definition) is 5. The Kier molecular flexibility index (Phi) is 2.75. The Hall–Kier alpha value is -1.33. The predicted molar refractivity (Wildman–Crippen MR) is 60.5 cm³/mol. The van der Waals surface area contributed by atoms with E-state index in [4.69, 9.17) is 5.73 Å². The number of nitrogens with two attached hydrogens (primary N) is 1. The van der Waals surface area contributed by atoms with Gasteiger partial charge in [0.1, 0.15) is 17.0 Å². The maximum atomic E-state index is 5.84. The highest BCUT2D eigenvalue weighted by Crippen LogP contribution is 2.29. The Labute approximate surface area is 92.2 Å². The lowest BCUT2D eigenvalue weighted by Crippen LogP contribution is -2.03. The van der Waals surface area contributed by atoms with Gasteiger partial charge in [-0.3, -0.25) is 0 Å². The van der Waals surface area contributed by atoms with Crippen LogP contribution in [0.1, 0.15) is 23.5 Å². The Balaban J connectivity index is 2.43. The standard InChI is InChI=1S/C10H12N4S/c1-6(11)9-7(2)14-10(15-9)8-3-4-12-5-13-8/h3-6H,11H2,1-2H3. The molecule has 1 unspecified atom stereocenters. The molecular formula is C10H12N4S. The second-order valence-electron chi connectivity index (χ2n) is 3.35. The average Bonchev–Trinajstić information content (AvgIpc) is 2.62. The molecule has 15 heavy (non-hydrogen) atoms. The van der Waals surface area contributed by atoms with Crippen molar-refractivity contribution in [3.8, 4) is 10.7 Å². The third-order valence-electron chi connectivity index (χ3n) is 2.05. The summed E-state index contributed by atoms with van der Waals surface area (Å²) < 4.78 is 0. The minimum atomic E-state index is 0.0260. The molecule has 0 bridgehead atoms. The number of hydrogen-bond donors (Lipinski definition) is 1. The van der Waals surface area contributed by atoms with Crippen molar-refractivity contribution in [3.63, 3.8) is 0 Å². The normalized spacial score (nSPS) is 12.7. The van der Waals surface area contributed by atoms with E-state index in [1.54, 1.807) is 17.5 Å². The van der Waals surface area contributed by atoms with E-state index >= 15 is 0 Å². The van der Waals surface area contributed by atoms with Crippen LogP contribution in [-0.2, 0) is 0 Å². The van der Waals surface area contributed by atoms with Crippen molar-refractivity contribution in [1.82, 2.24) is 15.0 Å². The van der Waals surface area contributed by atoms with Crippen LogP contribution in [0.15, 0.2) is 18.6 Å². The van der Waals surface area contributed by atoms with E-state index in [1.165, 1.54) is 6.33 Å². The third-order valence-corrected chi connectivity index (χ3v) is 3.43. The molecule has 2 N–H and O–H groups in total. The van der Waals surface area contributed by atoms with Crippen LogP contribution in [-0.4, -0.2) is 15.0 Å². The minimum Gasteiger partial charge on any atom is -0.323 e. The number of aromatic nitrogens is 3. The van der Waals surface area contributed by atoms with Crippen LogP contribution in [0.25, 0.3) is 10.7 Å². The fourth-order valence-corrected chi connectivity index (χ4v) is 2.35. The summed E-state index contributed by atoms with van der Waals surface area (Å²) in [5.41, 5.74) is 7.68. The number of rotatable bonds is 2. The van der Waals surface area contributed by atoms with E-state index in [-0.39, 0.29) is 6.04 Å². The van der Waals surface area contributed by atoms with Gasteiger partial charge in [0.15, 0.2) is 0 Å².